The lowest BCUT2D eigenvalue weighted by atomic mass is 9.89. The molecule has 0 aliphatic rings. The molecule has 0 unspecified atom stereocenters. The van der Waals surface area contributed by atoms with Crippen molar-refractivity contribution in [2.45, 2.75) is 20.3 Å². The van der Waals surface area contributed by atoms with Gasteiger partial charge in [-0.05, 0) is 24.0 Å². The average molecular weight is 239 g/mol. The van der Waals surface area contributed by atoms with E-state index in [4.69, 9.17) is 5.11 Å². The maximum atomic E-state index is 13.3. The van der Waals surface area contributed by atoms with E-state index in [0.717, 1.165) is 0 Å². The number of hydrogen-bond donors (Lipinski definition) is 2. The quantitative estimate of drug-likeness (QED) is 0.825. The van der Waals surface area contributed by atoms with Gasteiger partial charge in [0.15, 0.2) is 0 Å². The number of rotatable bonds is 5. The molecule has 1 aromatic carbocycles. The van der Waals surface area contributed by atoms with Crippen molar-refractivity contribution < 1.29 is 14.3 Å². The highest BCUT2D eigenvalue weighted by Crippen LogP contribution is 2.18. The van der Waals surface area contributed by atoms with Crippen LogP contribution >= 0.6 is 0 Å². The van der Waals surface area contributed by atoms with Crippen LogP contribution in [0.1, 0.15) is 30.6 Å². The van der Waals surface area contributed by atoms with Crippen molar-refractivity contribution in [1.29, 1.82) is 0 Å². The van der Waals surface area contributed by atoms with Crippen molar-refractivity contribution in [3.63, 3.8) is 0 Å². The molecule has 1 rings (SSSR count). The number of amides is 1. The Morgan fingerprint density at radius 1 is 1.41 bits per heavy atom. The van der Waals surface area contributed by atoms with Crippen molar-refractivity contribution in [2.75, 3.05) is 13.2 Å². The second kappa shape index (κ2) is 5.77. The normalized spacial score (nSPS) is 11.3. The third-order valence-electron chi connectivity index (χ3n) is 2.63. The Balaban J connectivity index is 2.59. The van der Waals surface area contributed by atoms with Gasteiger partial charge in [0.2, 0.25) is 0 Å². The van der Waals surface area contributed by atoms with Crippen LogP contribution in [-0.2, 0) is 0 Å². The fourth-order valence-corrected chi connectivity index (χ4v) is 1.45. The van der Waals surface area contributed by atoms with Gasteiger partial charge in [-0.3, -0.25) is 4.79 Å². The molecule has 0 spiro atoms. The minimum absolute atomic E-state index is 0.0484. The van der Waals surface area contributed by atoms with E-state index < -0.39 is 11.7 Å². The van der Waals surface area contributed by atoms with E-state index >= 15 is 0 Å². The molecule has 0 atom stereocenters. The summed E-state index contributed by atoms with van der Waals surface area (Å²) < 4.78 is 13.3. The average Bonchev–Trinajstić information content (AvgIpc) is 2.27. The number of carbonyl (C=O) groups is 1. The first kappa shape index (κ1) is 13.6. The summed E-state index contributed by atoms with van der Waals surface area (Å²) in [5.41, 5.74) is -0.150. The number of aliphatic hydroxyl groups excluding tert-OH is 1. The number of nitrogens with one attached hydrogen (secondary N) is 1. The molecular formula is C13H18FNO2. The van der Waals surface area contributed by atoms with E-state index in [2.05, 4.69) is 5.32 Å². The van der Waals surface area contributed by atoms with Gasteiger partial charge in [0, 0.05) is 13.2 Å². The predicted octanol–water partition coefficient (Wildman–Crippen LogP) is 1.96. The molecule has 2 N–H and O–H groups in total. The molecule has 0 saturated heterocycles. The summed E-state index contributed by atoms with van der Waals surface area (Å²) in [6, 6.07) is 5.87. The molecule has 0 aromatic heterocycles. The standard InChI is InChI=1S/C13H18FNO2/c1-13(2,7-8-16)9-15-12(17)10-5-3-4-6-11(10)14/h3-6,16H,7-9H2,1-2H3,(H,15,17). The van der Waals surface area contributed by atoms with Crippen LogP contribution < -0.4 is 5.32 Å². The van der Waals surface area contributed by atoms with Crippen molar-refractivity contribution in [3.8, 4) is 0 Å². The Morgan fingerprint density at radius 3 is 2.65 bits per heavy atom. The maximum Gasteiger partial charge on any atom is 0.254 e. The van der Waals surface area contributed by atoms with Gasteiger partial charge in [-0.2, -0.15) is 0 Å². The number of aliphatic hydroxyl groups is 1. The van der Waals surface area contributed by atoms with E-state index in [0.29, 0.717) is 13.0 Å². The Labute approximate surface area is 101 Å². The van der Waals surface area contributed by atoms with E-state index in [1.165, 1.54) is 12.1 Å². The predicted molar refractivity (Wildman–Crippen MR) is 64.2 cm³/mol. The molecule has 0 bridgehead atoms. The largest absolute Gasteiger partial charge is 0.396 e. The molecule has 1 aromatic rings. The Morgan fingerprint density at radius 2 is 2.06 bits per heavy atom. The second-order valence-electron chi connectivity index (χ2n) is 4.80. The van der Waals surface area contributed by atoms with Crippen LogP contribution in [0.15, 0.2) is 24.3 Å². The van der Waals surface area contributed by atoms with Gasteiger partial charge in [-0.1, -0.05) is 26.0 Å². The van der Waals surface area contributed by atoms with Crippen LogP contribution in [0.2, 0.25) is 0 Å². The SMILES string of the molecule is CC(C)(CCO)CNC(=O)c1ccccc1F. The van der Waals surface area contributed by atoms with Crippen LogP contribution in [0, 0.1) is 11.2 Å². The number of benzene rings is 1. The van der Waals surface area contributed by atoms with E-state index in [-0.39, 0.29) is 17.6 Å². The molecule has 0 saturated carbocycles. The van der Waals surface area contributed by atoms with Gasteiger partial charge in [-0.25, -0.2) is 4.39 Å². The molecule has 0 radical (unpaired) electrons. The number of hydrogen-bond acceptors (Lipinski definition) is 2. The topological polar surface area (TPSA) is 49.3 Å². The zero-order chi connectivity index (χ0) is 12.9. The van der Waals surface area contributed by atoms with Gasteiger partial charge in [-0.15, -0.1) is 0 Å². The zero-order valence-corrected chi connectivity index (χ0v) is 10.2. The molecule has 0 aliphatic heterocycles. The molecule has 3 nitrogen and oxygen atoms in total. The van der Waals surface area contributed by atoms with Crippen LogP contribution in [0.3, 0.4) is 0 Å². The molecule has 0 aliphatic carbocycles. The molecule has 94 valence electrons. The minimum Gasteiger partial charge on any atom is -0.396 e. The summed E-state index contributed by atoms with van der Waals surface area (Å²) in [5, 5.41) is 11.5. The molecule has 1 amide bonds. The molecule has 0 heterocycles. The molecule has 0 fully saturated rings. The van der Waals surface area contributed by atoms with Crippen molar-refractivity contribution in [2.24, 2.45) is 5.41 Å². The lowest BCUT2D eigenvalue weighted by Gasteiger charge is -2.23. The summed E-state index contributed by atoms with van der Waals surface area (Å²) in [6.45, 7) is 4.35. The third-order valence-corrected chi connectivity index (χ3v) is 2.63. The first-order valence-electron chi connectivity index (χ1n) is 5.60. The van der Waals surface area contributed by atoms with Crippen molar-refractivity contribution in [3.05, 3.63) is 35.6 Å². The Hall–Kier alpha value is -1.42. The van der Waals surface area contributed by atoms with Crippen LogP contribution in [0.5, 0.6) is 0 Å². The van der Waals surface area contributed by atoms with Gasteiger partial charge < -0.3 is 10.4 Å². The Kier molecular flexibility index (Phi) is 4.63. The van der Waals surface area contributed by atoms with Gasteiger partial charge in [0.05, 0.1) is 5.56 Å². The molecule has 17 heavy (non-hydrogen) atoms. The molecular weight excluding hydrogens is 221 g/mol. The summed E-state index contributed by atoms with van der Waals surface area (Å²) in [4.78, 5) is 11.7. The first-order chi connectivity index (χ1) is 7.96. The minimum atomic E-state index is -0.523. The highest BCUT2D eigenvalue weighted by Gasteiger charge is 2.19. The molecule has 4 heteroatoms. The van der Waals surface area contributed by atoms with Crippen LogP contribution in [0.25, 0.3) is 0 Å². The van der Waals surface area contributed by atoms with Crippen LogP contribution in [0.4, 0.5) is 4.39 Å². The fraction of sp³-hybridized carbons (Fsp3) is 0.462. The second-order valence-corrected chi connectivity index (χ2v) is 4.80. The lowest BCUT2D eigenvalue weighted by molar-refractivity contribution is 0.0924. The number of carbonyl (C=O) groups excluding carboxylic acids is 1. The van der Waals surface area contributed by atoms with Crippen molar-refractivity contribution >= 4 is 5.91 Å². The third kappa shape index (κ3) is 4.15. The van der Waals surface area contributed by atoms with E-state index in [9.17, 15) is 9.18 Å². The number of halogens is 1. The zero-order valence-electron chi connectivity index (χ0n) is 10.2. The van der Waals surface area contributed by atoms with Gasteiger partial charge >= 0.3 is 0 Å². The summed E-state index contributed by atoms with van der Waals surface area (Å²) in [7, 11) is 0. The van der Waals surface area contributed by atoms with Crippen molar-refractivity contribution in [1.82, 2.24) is 5.32 Å². The highest BCUT2D eigenvalue weighted by molar-refractivity contribution is 5.94. The van der Waals surface area contributed by atoms with Crippen LogP contribution in [-0.4, -0.2) is 24.2 Å². The van der Waals surface area contributed by atoms with E-state index in [1.54, 1.807) is 12.1 Å². The Bertz CT molecular complexity index is 391. The smallest absolute Gasteiger partial charge is 0.254 e. The lowest BCUT2D eigenvalue weighted by Crippen LogP contribution is -2.34. The van der Waals surface area contributed by atoms with Gasteiger partial charge in [0.25, 0.3) is 5.91 Å². The summed E-state index contributed by atoms with van der Waals surface area (Å²) in [5.74, 6) is -0.945. The highest BCUT2D eigenvalue weighted by atomic mass is 19.1. The van der Waals surface area contributed by atoms with E-state index in [1.807, 2.05) is 13.8 Å². The summed E-state index contributed by atoms with van der Waals surface area (Å²) >= 11 is 0. The van der Waals surface area contributed by atoms with Gasteiger partial charge in [0.1, 0.15) is 5.82 Å². The monoisotopic (exact) mass is 239 g/mol. The fourth-order valence-electron chi connectivity index (χ4n) is 1.45. The maximum absolute atomic E-state index is 13.3. The summed E-state index contributed by atoms with van der Waals surface area (Å²) in [6.07, 6.45) is 0.588. The first-order valence-corrected chi connectivity index (χ1v) is 5.60.